The Hall–Kier alpha value is -2.46. The number of ether oxygens (including phenoxy) is 8. The van der Waals surface area contributed by atoms with Gasteiger partial charge >= 0.3 is 5.97 Å². The van der Waals surface area contributed by atoms with E-state index >= 15 is 4.79 Å². The molecule has 6 unspecified atom stereocenters. The summed E-state index contributed by atoms with van der Waals surface area (Å²) in [6, 6.07) is 4.08. The first kappa shape index (κ1) is 44.2. The number of carbonyl (C=O) groups excluding carboxylic acids is 2. The smallest absolute Gasteiger partial charge is 0.306 e. The molecule has 3 aliphatic carbocycles. The summed E-state index contributed by atoms with van der Waals surface area (Å²) in [6.07, 6.45) is 6.99. The quantitative estimate of drug-likeness (QED) is 0.244. The Morgan fingerprint density at radius 2 is 1.68 bits per heavy atom. The Morgan fingerprint density at radius 1 is 0.917 bits per heavy atom. The number of esters is 1. The summed E-state index contributed by atoms with van der Waals surface area (Å²) in [5.41, 5.74) is 3.44. The van der Waals surface area contributed by atoms with Crippen molar-refractivity contribution in [1.82, 2.24) is 14.3 Å². The van der Waals surface area contributed by atoms with Crippen molar-refractivity contribution in [2.45, 2.75) is 165 Å². The lowest BCUT2D eigenvalue weighted by Gasteiger charge is -2.44. The lowest BCUT2D eigenvalue weighted by Crippen LogP contribution is -2.59. The van der Waals surface area contributed by atoms with Crippen molar-refractivity contribution in [3.63, 3.8) is 0 Å². The molecule has 3 aliphatic heterocycles. The van der Waals surface area contributed by atoms with Gasteiger partial charge in [0.25, 0.3) is 0 Å². The summed E-state index contributed by atoms with van der Waals surface area (Å²) < 4.78 is 52.6. The van der Waals surface area contributed by atoms with Crippen LogP contribution in [0.2, 0.25) is 5.02 Å². The molecule has 2 aromatic rings. The number of likely N-dealkylation sites (N-methyl/N-ethyl adjacent to an activating group) is 1. The molecule has 0 N–H and O–H groups in total. The van der Waals surface area contributed by atoms with Crippen molar-refractivity contribution in [2.75, 3.05) is 35.4 Å². The van der Waals surface area contributed by atoms with Gasteiger partial charge in [-0.15, -0.1) is 0 Å². The number of halogens is 1. The molecule has 332 valence electrons. The van der Waals surface area contributed by atoms with Gasteiger partial charge in [-0.2, -0.15) is 0 Å². The van der Waals surface area contributed by atoms with Gasteiger partial charge in [0.05, 0.1) is 36.5 Å². The van der Waals surface area contributed by atoms with E-state index in [2.05, 4.69) is 43.3 Å². The Bertz CT molecular complexity index is 1890. The molecule has 2 aromatic heterocycles. The average Bonchev–Trinajstić information content (AvgIpc) is 3.91. The molecular weight excluding hydrogens is 790 g/mol. The number of ketones is 1. The van der Waals surface area contributed by atoms with Crippen molar-refractivity contribution in [3.8, 4) is 0 Å². The van der Waals surface area contributed by atoms with Crippen LogP contribution in [0, 0.1) is 23.7 Å². The maximum atomic E-state index is 15.2. The van der Waals surface area contributed by atoms with Gasteiger partial charge < -0.3 is 47.2 Å². The third-order valence-electron chi connectivity index (χ3n) is 14.9. The normalized spacial score (nSPS) is 41.2. The summed E-state index contributed by atoms with van der Waals surface area (Å²) >= 11 is 6.57. The number of hydrogen-bond acceptors (Lipinski definition) is 12. The van der Waals surface area contributed by atoms with E-state index in [1.807, 2.05) is 32.2 Å². The predicted octanol–water partition coefficient (Wildman–Crippen LogP) is 6.87. The first-order valence-corrected chi connectivity index (χ1v) is 22.7. The molecule has 13 nitrogen and oxygen atoms in total. The number of allylic oxidation sites excluding steroid dienone is 2. The van der Waals surface area contributed by atoms with Crippen LogP contribution in [0.5, 0.6) is 0 Å². The zero-order valence-electron chi connectivity index (χ0n) is 36.8. The summed E-state index contributed by atoms with van der Waals surface area (Å²) in [7, 11) is 9.12. The van der Waals surface area contributed by atoms with Gasteiger partial charge in [-0.05, 0) is 103 Å². The molecule has 0 aromatic carbocycles. The molecule has 0 spiro atoms. The second kappa shape index (κ2) is 18.3. The highest BCUT2D eigenvalue weighted by Crippen LogP contribution is 2.61. The second-order valence-corrected chi connectivity index (χ2v) is 18.9. The maximum Gasteiger partial charge on any atom is 0.306 e. The van der Waals surface area contributed by atoms with E-state index < -0.39 is 30.5 Å². The molecule has 6 aliphatic rings. The number of hydrogen-bond donors (Lipinski definition) is 0. The fourth-order valence-electron chi connectivity index (χ4n) is 11.9. The number of cyclic esters (lactones) is 1. The molecule has 14 heteroatoms. The first-order chi connectivity index (χ1) is 28.8. The lowest BCUT2D eigenvalue weighted by atomic mass is 9.66. The van der Waals surface area contributed by atoms with Crippen molar-refractivity contribution in [3.05, 3.63) is 46.4 Å². The molecule has 0 radical (unpaired) electrons. The summed E-state index contributed by atoms with van der Waals surface area (Å²) in [5.74, 6) is -1.24. The van der Waals surface area contributed by atoms with Crippen LogP contribution in [0.3, 0.4) is 0 Å². The van der Waals surface area contributed by atoms with Crippen LogP contribution < -0.4 is 0 Å². The molecule has 17 atom stereocenters. The van der Waals surface area contributed by atoms with Crippen LogP contribution in [0.15, 0.2) is 30.0 Å². The van der Waals surface area contributed by atoms with E-state index in [1.54, 1.807) is 21.3 Å². The van der Waals surface area contributed by atoms with E-state index in [4.69, 9.17) is 54.5 Å². The van der Waals surface area contributed by atoms with E-state index in [-0.39, 0.29) is 84.6 Å². The van der Waals surface area contributed by atoms with Crippen LogP contribution in [0.25, 0.3) is 5.65 Å². The van der Waals surface area contributed by atoms with E-state index in [9.17, 15) is 4.79 Å². The Kier molecular flexibility index (Phi) is 13.5. The van der Waals surface area contributed by atoms with Gasteiger partial charge in [0.1, 0.15) is 30.1 Å². The van der Waals surface area contributed by atoms with Crippen molar-refractivity contribution >= 4 is 29.0 Å². The lowest BCUT2D eigenvalue weighted by molar-refractivity contribution is -0.314. The van der Waals surface area contributed by atoms with Crippen molar-refractivity contribution in [2.24, 2.45) is 23.7 Å². The van der Waals surface area contributed by atoms with Gasteiger partial charge in [0.2, 0.25) is 0 Å². The third kappa shape index (κ3) is 8.25. The fraction of sp³-hybridized carbons (Fsp3) is 0.761. The molecule has 0 amide bonds. The highest BCUT2D eigenvalue weighted by Gasteiger charge is 2.57. The predicted molar refractivity (Wildman–Crippen MR) is 224 cm³/mol. The molecule has 60 heavy (non-hydrogen) atoms. The van der Waals surface area contributed by atoms with Crippen LogP contribution in [0.1, 0.15) is 109 Å². The van der Waals surface area contributed by atoms with Crippen LogP contribution in [0.4, 0.5) is 0 Å². The number of carbonyl (C=O) groups is 2. The number of methoxy groups -OCH3 is 3. The minimum Gasteiger partial charge on any atom is -0.462 e. The molecular formula is C46H66ClN3O10. The monoisotopic (exact) mass is 855 g/mol. The number of fused-ring (bicyclic) bond motifs is 10. The summed E-state index contributed by atoms with van der Waals surface area (Å²) in [4.78, 5) is 36.7. The zero-order chi connectivity index (χ0) is 42.6. The Balaban J connectivity index is 1.14. The zero-order valence-corrected chi connectivity index (χ0v) is 37.5. The number of nitrogens with zero attached hydrogens (tertiary/aromatic N) is 3. The molecule has 4 fully saturated rings. The number of imidazole rings is 1. The highest BCUT2D eigenvalue weighted by atomic mass is 35.5. The molecule has 3 saturated heterocycles. The fourth-order valence-corrected chi connectivity index (χ4v) is 12.1. The van der Waals surface area contributed by atoms with Gasteiger partial charge in [0, 0.05) is 74.0 Å². The van der Waals surface area contributed by atoms with Crippen LogP contribution in [-0.2, 0) is 47.5 Å². The highest BCUT2D eigenvalue weighted by molar-refractivity contribution is 6.30. The minimum absolute atomic E-state index is 0.00347. The second-order valence-electron chi connectivity index (χ2n) is 18.5. The van der Waals surface area contributed by atoms with Gasteiger partial charge in [-0.1, -0.05) is 31.5 Å². The summed E-state index contributed by atoms with van der Waals surface area (Å²) in [6.45, 7) is 8.13. The van der Waals surface area contributed by atoms with Crippen LogP contribution >= 0.6 is 11.6 Å². The SMILES string of the molecule is CC[C@H]1CCC[C@H](O[C@H]2CC[C@H](N(C)C)C(C)O2)[C@@H](C)C(=O)C2=C[C@H]3[C@@H]4C[C@H](OC5OC(C)C(OC)C(OC)C5OC)C[C@H]4c4c(nc5cc(Cl)ccn45)[C@H]3[C@@H]2CC(=O)O1. The first-order valence-electron chi connectivity index (χ1n) is 22.3. The number of aromatic nitrogens is 2. The Morgan fingerprint density at radius 3 is 2.38 bits per heavy atom. The third-order valence-corrected chi connectivity index (χ3v) is 15.1. The van der Waals surface area contributed by atoms with Crippen molar-refractivity contribution in [1.29, 1.82) is 0 Å². The number of rotatable bonds is 9. The van der Waals surface area contributed by atoms with Crippen LogP contribution in [-0.4, -0.2) is 129 Å². The van der Waals surface area contributed by atoms with Crippen molar-refractivity contribution < 1.29 is 47.5 Å². The standard InChI is InChI=1S/C46H66ClN3O10/c1-10-27-12-11-13-35(60-38-15-14-34(49(5)6)24(3)56-38)23(2)42(52)33-21-30-29-19-28(59-46-45(55-9)44(54-8)43(53-7)25(4)57-46)20-32(29)41-40(39(30)31(33)22-37(51)58-27)48-36-18-26(47)16-17-50(36)41/h16-18,21,23-25,27-32,34-35,38-39,43-46H,10-15,19-20,22H2,1-9H3/t23-,24?,25?,27+,28+,29+,30+,31-,32-,34+,35+,38+,39-,43?,44?,45?,46?/m1/s1. The molecule has 8 rings (SSSR count). The van der Waals surface area contributed by atoms with Gasteiger partial charge in [-0.3, -0.25) is 9.59 Å². The Labute approximate surface area is 360 Å². The van der Waals surface area contributed by atoms with Gasteiger partial charge in [0.15, 0.2) is 18.4 Å². The topological polar surface area (TPSA) is 129 Å². The molecule has 5 heterocycles. The van der Waals surface area contributed by atoms with E-state index in [1.165, 1.54) is 0 Å². The largest absolute Gasteiger partial charge is 0.462 e. The van der Waals surface area contributed by atoms with Gasteiger partial charge in [-0.25, -0.2) is 4.98 Å². The number of Topliss-reactive ketones (excluding diaryl/α,β-unsaturated/α-hetero) is 1. The van der Waals surface area contributed by atoms with E-state index in [0.29, 0.717) is 35.9 Å². The average molecular weight is 856 g/mol. The van der Waals surface area contributed by atoms with E-state index in [0.717, 1.165) is 49.1 Å². The molecule has 0 bridgehead atoms. The number of pyridine rings is 1. The maximum absolute atomic E-state index is 15.2. The molecule has 1 saturated carbocycles. The minimum atomic E-state index is -0.676. The summed E-state index contributed by atoms with van der Waals surface area (Å²) in [5, 5.41) is 0.593.